The number of hydrogen-bond acceptors (Lipinski definition) is 3. The molecule has 0 radical (unpaired) electrons. The van der Waals surface area contributed by atoms with E-state index >= 15 is 0 Å². The highest BCUT2D eigenvalue weighted by molar-refractivity contribution is 7.98. The number of thioether (sulfide) groups is 1. The molecule has 2 nitrogen and oxygen atoms in total. The van der Waals surface area contributed by atoms with Gasteiger partial charge in [0.15, 0.2) is 0 Å². The first-order chi connectivity index (χ1) is 4.97. The van der Waals surface area contributed by atoms with Crippen molar-refractivity contribution in [1.29, 1.82) is 0 Å². The van der Waals surface area contributed by atoms with Crippen molar-refractivity contribution < 1.29 is 0 Å². The van der Waals surface area contributed by atoms with E-state index in [9.17, 15) is 0 Å². The van der Waals surface area contributed by atoms with E-state index in [-0.39, 0.29) is 0 Å². The molecule has 52 valence electrons. The van der Waals surface area contributed by atoms with E-state index in [2.05, 4.69) is 16.4 Å². The van der Waals surface area contributed by atoms with Crippen molar-refractivity contribution in [3.05, 3.63) is 23.9 Å². The van der Waals surface area contributed by atoms with Gasteiger partial charge in [-0.3, -0.25) is 0 Å². The number of anilines is 1. The van der Waals surface area contributed by atoms with Gasteiger partial charge in [0.2, 0.25) is 0 Å². The Balaban J connectivity index is 2.41. The Morgan fingerprint density at radius 2 is 2.60 bits per heavy atom. The van der Waals surface area contributed by atoms with Gasteiger partial charge < -0.3 is 5.32 Å². The molecule has 0 amide bonds. The van der Waals surface area contributed by atoms with Crippen LogP contribution in [-0.2, 0) is 5.75 Å². The lowest BCUT2D eigenvalue weighted by molar-refractivity contribution is 1.19. The smallest absolute Gasteiger partial charge is 0.130 e. The first kappa shape index (κ1) is 6.04. The molecule has 1 aromatic heterocycles. The average Bonchev–Trinajstić information content (AvgIpc) is 2.05. The van der Waals surface area contributed by atoms with Gasteiger partial charge in [-0.15, -0.1) is 11.8 Å². The molecule has 10 heavy (non-hydrogen) atoms. The van der Waals surface area contributed by atoms with Crippen molar-refractivity contribution in [2.24, 2.45) is 0 Å². The quantitative estimate of drug-likeness (QED) is 0.612. The minimum atomic E-state index is 0.990. The Hall–Kier alpha value is -0.700. The van der Waals surface area contributed by atoms with Crippen molar-refractivity contribution in [3.8, 4) is 0 Å². The Morgan fingerprint density at radius 1 is 1.60 bits per heavy atom. The minimum absolute atomic E-state index is 0.990. The van der Waals surface area contributed by atoms with Gasteiger partial charge in [-0.2, -0.15) is 0 Å². The number of aromatic nitrogens is 1. The molecule has 0 atom stereocenters. The standard InChI is InChI=1S/C7H8N2S/c1-2-6-4-10-5-9-7(6)8-3-1/h1-3H,4-5H2,(H,8,9). The molecule has 1 N–H and O–H groups in total. The lowest BCUT2D eigenvalue weighted by Gasteiger charge is -2.14. The highest BCUT2D eigenvalue weighted by atomic mass is 32.2. The molecule has 0 unspecified atom stereocenters. The van der Waals surface area contributed by atoms with Crippen molar-refractivity contribution in [2.45, 2.75) is 5.75 Å². The van der Waals surface area contributed by atoms with Crippen LogP contribution in [0.4, 0.5) is 5.82 Å². The largest absolute Gasteiger partial charge is 0.361 e. The first-order valence-electron chi connectivity index (χ1n) is 3.22. The van der Waals surface area contributed by atoms with Gasteiger partial charge in [0.25, 0.3) is 0 Å². The van der Waals surface area contributed by atoms with E-state index in [4.69, 9.17) is 0 Å². The summed E-state index contributed by atoms with van der Waals surface area (Å²) in [4.78, 5) is 4.19. The van der Waals surface area contributed by atoms with Gasteiger partial charge in [0.05, 0.1) is 5.88 Å². The summed E-state index contributed by atoms with van der Waals surface area (Å²) in [5.41, 5.74) is 1.32. The van der Waals surface area contributed by atoms with Gasteiger partial charge >= 0.3 is 0 Å². The summed E-state index contributed by atoms with van der Waals surface area (Å²) in [6, 6.07) is 4.09. The molecule has 2 heterocycles. The maximum Gasteiger partial charge on any atom is 0.130 e. The molecule has 0 fully saturated rings. The van der Waals surface area contributed by atoms with Crippen LogP contribution < -0.4 is 5.32 Å². The van der Waals surface area contributed by atoms with E-state index in [1.807, 2.05) is 24.0 Å². The monoisotopic (exact) mass is 152 g/mol. The minimum Gasteiger partial charge on any atom is -0.361 e. The van der Waals surface area contributed by atoms with E-state index in [1.54, 1.807) is 0 Å². The highest BCUT2D eigenvalue weighted by Crippen LogP contribution is 2.23. The van der Waals surface area contributed by atoms with Crippen molar-refractivity contribution >= 4 is 17.6 Å². The fourth-order valence-corrected chi connectivity index (χ4v) is 1.79. The predicted molar refractivity (Wildman–Crippen MR) is 44.0 cm³/mol. The predicted octanol–water partition coefficient (Wildman–Crippen LogP) is 1.70. The molecule has 1 aliphatic rings. The van der Waals surface area contributed by atoms with E-state index in [1.165, 1.54) is 5.56 Å². The van der Waals surface area contributed by atoms with Crippen molar-refractivity contribution in [2.75, 3.05) is 11.2 Å². The summed E-state index contributed by atoms with van der Waals surface area (Å²) in [5, 5.41) is 3.21. The molecule has 2 rings (SSSR count). The zero-order valence-corrected chi connectivity index (χ0v) is 6.32. The van der Waals surface area contributed by atoms with Gasteiger partial charge in [-0.05, 0) is 6.07 Å². The first-order valence-corrected chi connectivity index (χ1v) is 4.38. The SMILES string of the molecule is c1cnc2c(c1)CSCN2. The molecule has 1 aliphatic heterocycles. The number of hydrogen-bond donors (Lipinski definition) is 1. The van der Waals surface area contributed by atoms with Crippen LogP contribution in [-0.4, -0.2) is 10.9 Å². The zero-order chi connectivity index (χ0) is 6.81. The molecule has 0 saturated heterocycles. The molecule has 0 saturated carbocycles. The van der Waals surface area contributed by atoms with Gasteiger partial charge in [-0.25, -0.2) is 4.98 Å². The second kappa shape index (κ2) is 2.50. The van der Waals surface area contributed by atoms with Crippen LogP contribution in [0.2, 0.25) is 0 Å². The van der Waals surface area contributed by atoms with Crippen LogP contribution >= 0.6 is 11.8 Å². The number of pyridine rings is 1. The maximum absolute atomic E-state index is 4.19. The summed E-state index contributed by atoms with van der Waals surface area (Å²) < 4.78 is 0. The Labute approximate surface area is 64.0 Å². The van der Waals surface area contributed by atoms with E-state index in [0.29, 0.717) is 0 Å². The van der Waals surface area contributed by atoms with Gasteiger partial charge in [0, 0.05) is 17.5 Å². The number of nitrogens with zero attached hydrogens (tertiary/aromatic N) is 1. The van der Waals surface area contributed by atoms with Gasteiger partial charge in [-0.1, -0.05) is 6.07 Å². The Bertz CT molecular complexity index is 212. The van der Waals surface area contributed by atoms with Crippen LogP contribution in [0.5, 0.6) is 0 Å². The Kier molecular flexibility index (Phi) is 1.51. The molecular weight excluding hydrogens is 144 g/mol. The summed E-state index contributed by atoms with van der Waals surface area (Å²) >= 11 is 1.89. The summed E-state index contributed by atoms with van der Waals surface area (Å²) in [5.74, 6) is 3.14. The third-order valence-electron chi connectivity index (χ3n) is 1.49. The fourth-order valence-electron chi connectivity index (χ4n) is 0.995. The van der Waals surface area contributed by atoms with E-state index in [0.717, 1.165) is 17.4 Å². The third kappa shape index (κ3) is 0.968. The molecule has 0 spiro atoms. The third-order valence-corrected chi connectivity index (χ3v) is 2.35. The van der Waals surface area contributed by atoms with Crippen LogP contribution in [0.25, 0.3) is 0 Å². The lowest BCUT2D eigenvalue weighted by Crippen LogP contribution is -2.07. The normalized spacial score (nSPS) is 15.6. The average molecular weight is 152 g/mol. The number of nitrogens with one attached hydrogen (secondary N) is 1. The molecule has 1 aromatic rings. The zero-order valence-electron chi connectivity index (χ0n) is 5.50. The highest BCUT2D eigenvalue weighted by Gasteiger charge is 2.06. The molecule has 3 heteroatoms. The molecule has 0 aromatic carbocycles. The summed E-state index contributed by atoms with van der Waals surface area (Å²) in [6.45, 7) is 0. The number of fused-ring (bicyclic) bond motifs is 1. The van der Waals surface area contributed by atoms with Crippen LogP contribution in [0.3, 0.4) is 0 Å². The summed E-state index contributed by atoms with van der Waals surface area (Å²) in [7, 11) is 0. The topological polar surface area (TPSA) is 24.9 Å². The Morgan fingerprint density at radius 3 is 3.50 bits per heavy atom. The molecular formula is C7H8N2S. The van der Waals surface area contributed by atoms with Crippen LogP contribution in [0.15, 0.2) is 18.3 Å². The van der Waals surface area contributed by atoms with E-state index < -0.39 is 0 Å². The molecule has 0 bridgehead atoms. The van der Waals surface area contributed by atoms with Crippen LogP contribution in [0, 0.1) is 0 Å². The summed E-state index contributed by atoms with van der Waals surface area (Å²) in [6.07, 6.45) is 1.82. The maximum atomic E-state index is 4.19. The van der Waals surface area contributed by atoms with Crippen molar-refractivity contribution in [3.63, 3.8) is 0 Å². The second-order valence-corrected chi connectivity index (χ2v) is 3.17. The number of rotatable bonds is 0. The fraction of sp³-hybridized carbons (Fsp3) is 0.286. The van der Waals surface area contributed by atoms with Crippen molar-refractivity contribution in [1.82, 2.24) is 4.98 Å². The second-order valence-electron chi connectivity index (χ2n) is 2.18. The molecule has 0 aliphatic carbocycles. The van der Waals surface area contributed by atoms with Crippen LogP contribution in [0.1, 0.15) is 5.56 Å². The van der Waals surface area contributed by atoms with Gasteiger partial charge in [0.1, 0.15) is 5.82 Å². The lowest BCUT2D eigenvalue weighted by atomic mass is 10.3.